The zero-order chi connectivity index (χ0) is 12.5. The Hall–Kier alpha value is -0.720. The van der Waals surface area contributed by atoms with E-state index < -0.39 is 10.8 Å². The van der Waals surface area contributed by atoms with Crippen molar-refractivity contribution in [1.29, 1.82) is 0 Å². The largest absolute Gasteiger partial charge is 0.381 e. The topological polar surface area (TPSA) is 64.1 Å². The standard InChI is InChI=1S/C11H14ClN3O2S/c12-11-14-8-3-6-18(16)9(8)10(15-11)13-7-1-4-17-5-2-7/h7H,1-6H2,(H,13,14,15)/t18-/m0/s1. The molecule has 0 radical (unpaired) electrons. The van der Waals surface area contributed by atoms with Crippen LogP contribution in [0.15, 0.2) is 4.90 Å². The lowest BCUT2D eigenvalue weighted by atomic mass is 10.1. The van der Waals surface area contributed by atoms with Gasteiger partial charge in [0, 0.05) is 31.4 Å². The molecule has 0 amide bonds. The Labute approximate surface area is 113 Å². The first-order valence-electron chi connectivity index (χ1n) is 6.03. The zero-order valence-electron chi connectivity index (χ0n) is 9.82. The average Bonchev–Trinajstić information content (AvgIpc) is 2.72. The van der Waals surface area contributed by atoms with Gasteiger partial charge in [-0.15, -0.1) is 0 Å². The Morgan fingerprint density at radius 3 is 2.89 bits per heavy atom. The number of rotatable bonds is 2. The second-order valence-corrected chi connectivity index (χ2v) is 6.29. The summed E-state index contributed by atoms with van der Waals surface area (Å²) in [4.78, 5) is 9.09. The molecule has 1 aromatic heterocycles. The number of hydrogen-bond acceptors (Lipinski definition) is 5. The van der Waals surface area contributed by atoms with E-state index in [1.54, 1.807) is 0 Å². The zero-order valence-corrected chi connectivity index (χ0v) is 11.4. The number of fused-ring (bicyclic) bond motifs is 1. The second kappa shape index (κ2) is 5.11. The summed E-state index contributed by atoms with van der Waals surface area (Å²) >= 11 is 5.91. The van der Waals surface area contributed by atoms with E-state index in [2.05, 4.69) is 15.3 Å². The number of anilines is 1. The van der Waals surface area contributed by atoms with E-state index in [9.17, 15) is 4.21 Å². The molecule has 1 atom stereocenters. The summed E-state index contributed by atoms with van der Waals surface area (Å²) in [5, 5.41) is 3.57. The molecule has 0 aromatic carbocycles. The Balaban J connectivity index is 1.89. The Morgan fingerprint density at radius 2 is 2.11 bits per heavy atom. The highest BCUT2D eigenvalue weighted by molar-refractivity contribution is 7.85. The van der Waals surface area contributed by atoms with Crippen molar-refractivity contribution in [3.05, 3.63) is 11.0 Å². The van der Waals surface area contributed by atoms with E-state index in [-0.39, 0.29) is 5.28 Å². The predicted octanol–water partition coefficient (Wildman–Crippen LogP) is 1.38. The van der Waals surface area contributed by atoms with Gasteiger partial charge in [0.15, 0.2) is 0 Å². The van der Waals surface area contributed by atoms with Gasteiger partial charge in [-0.05, 0) is 24.4 Å². The van der Waals surface area contributed by atoms with E-state index in [1.807, 2.05) is 0 Å². The monoisotopic (exact) mass is 287 g/mol. The van der Waals surface area contributed by atoms with Crippen LogP contribution in [0, 0.1) is 0 Å². The van der Waals surface area contributed by atoms with Gasteiger partial charge in [-0.1, -0.05) is 0 Å². The van der Waals surface area contributed by atoms with Gasteiger partial charge in [0.25, 0.3) is 0 Å². The van der Waals surface area contributed by atoms with Gasteiger partial charge in [-0.2, -0.15) is 4.98 Å². The van der Waals surface area contributed by atoms with Gasteiger partial charge >= 0.3 is 0 Å². The molecule has 0 aliphatic carbocycles. The van der Waals surface area contributed by atoms with Crippen LogP contribution in [0.1, 0.15) is 18.5 Å². The lowest BCUT2D eigenvalue weighted by Crippen LogP contribution is -2.28. The third-order valence-electron chi connectivity index (χ3n) is 3.22. The maximum atomic E-state index is 12.0. The lowest BCUT2D eigenvalue weighted by molar-refractivity contribution is 0.0903. The molecular formula is C11H14ClN3O2S. The highest BCUT2D eigenvalue weighted by atomic mass is 35.5. The predicted molar refractivity (Wildman–Crippen MR) is 69.5 cm³/mol. The maximum absolute atomic E-state index is 12.0. The molecule has 0 spiro atoms. The van der Waals surface area contributed by atoms with Crippen LogP contribution in [0.3, 0.4) is 0 Å². The van der Waals surface area contributed by atoms with Crippen LogP contribution >= 0.6 is 11.6 Å². The molecule has 0 saturated carbocycles. The molecule has 2 aliphatic heterocycles. The highest BCUT2D eigenvalue weighted by Gasteiger charge is 2.27. The molecule has 1 aromatic rings. The van der Waals surface area contributed by atoms with Crippen molar-refractivity contribution < 1.29 is 8.95 Å². The van der Waals surface area contributed by atoms with Crippen molar-refractivity contribution in [2.75, 3.05) is 24.3 Å². The van der Waals surface area contributed by atoms with E-state index in [0.717, 1.165) is 36.6 Å². The molecule has 3 heterocycles. The van der Waals surface area contributed by atoms with Gasteiger partial charge in [-0.3, -0.25) is 4.21 Å². The minimum Gasteiger partial charge on any atom is -0.381 e. The van der Waals surface area contributed by atoms with Crippen molar-refractivity contribution >= 4 is 28.2 Å². The van der Waals surface area contributed by atoms with Crippen molar-refractivity contribution in [3.8, 4) is 0 Å². The Morgan fingerprint density at radius 1 is 1.33 bits per heavy atom. The van der Waals surface area contributed by atoms with Crippen LogP contribution < -0.4 is 5.32 Å². The maximum Gasteiger partial charge on any atom is 0.224 e. The van der Waals surface area contributed by atoms with Crippen LogP contribution in [0.2, 0.25) is 5.28 Å². The first kappa shape index (κ1) is 12.3. The fourth-order valence-corrected chi connectivity index (χ4v) is 3.80. The molecule has 1 fully saturated rings. The molecular weight excluding hydrogens is 274 g/mol. The summed E-state index contributed by atoms with van der Waals surface area (Å²) in [5.74, 6) is 1.26. The number of ether oxygens (including phenoxy) is 1. The molecule has 1 saturated heterocycles. The second-order valence-electron chi connectivity index (χ2n) is 4.45. The third kappa shape index (κ3) is 2.37. The SMILES string of the molecule is O=[S@]1CCc2nc(Cl)nc(NC3CCOCC3)c21. The fourth-order valence-electron chi connectivity index (χ4n) is 2.30. The molecule has 98 valence electrons. The van der Waals surface area contributed by atoms with Gasteiger partial charge in [-0.25, -0.2) is 4.98 Å². The number of aromatic nitrogens is 2. The minimum atomic E-state index is -0.999. The van der Waals surface area contributed by atoms with Crippen LogP contribution in [0.4, 0.5) is 5.82 Å². The number of nitrogens with zero attached hydrogens (tertiary/aromatic N) is 2. The summed E-state index contributed by atoms with van der Waals surface area (Å²) in [6.07, 6.45) is 2.58. The molecule has 7 heteroatoms. The number of nitrogens with one attached hydrogen (secondary N) is 1. The van der Waals surface area contributed by atoms with Gasteiger partial charge in [0.2, 0.25) is 5.28 Å². The average molecular weight is 288 g/mol. The molecule has 18 heavy (non-hydrogen) atoms. The van der Waals surface area contributed by atoms with Crippen LogP contribution in [-0.4, -0.2) is 39.2 Å². The molecule has 2 aliphatic rings. The lowest BCUT2D eigenvalue weighted by Gasteiger charge is -2.24. The Bertz CT molecular complexity index is 491. The van der Waals surface area contributed by atoms with Gasteiger partial charge in [0.05, 0.1) is 16.5 Å². The van der Waals surface area contributed by atoms with E-state index in [1.165, 1.54) is 0 Å². The molecule has 3 rings (SSSR count). The van der Waals surface area contributed by atoms with Crippen LogP contribution in [-0.2, 0) is 22.0 Å². The van der Waals surface area contributed by atoms with Crippen LogP contribution in [0.25, 0.3) is 0 Å². The van der Waals surface area contributed by atoms with E-state index in [4.69, 9.17) is 16.3 Å². The Kier molecular flexibility index (Phi) is 3.50. The molecule has 1 N–H and O–H groups in total. The number of halogens is 1. The smallest absolute Gasteiger partial charge is 0.224 e. The van der Waals surface area contributed by atoms with E-state index >= 15 is 0 Å². The highest BCUT2D eigenvalue weighted by Crippen LogP contribution is 2.29. The summed E-state index contributed by atoms with van der Waals surface area (Å²) in [5.41, 5.74) is 0.822. The third-order valence-corrected chi connectivity index (χ3v) is 4.85. The molecule has 5 nitrogen and oxygen atoms in total. The molecule has 0 bridgehead atoms. The van der Waals surface area contributed by atoms with Crippen molar-refractivity contribution in [2.45, 2.75) is 30.2 Å². The summed E-state index contributed by atoms with van der Waals surface area (Å²) in [6.45, 7) is 1.50. The van der Waals surface area contributed by atoms with Crippen molar-refractivity contribution in [2.24, 2.45) is 0 Å². The first-order valence-corrected chi connectivity index (χ1v) is 7.73. The van der Waals surface area contributed by atoms with Gasteiger partial charge in [0.1, 0.15) is 10.7 Å². The minimum absolute atomic E-state index is 0.224. The fraction of sp³-hybridized carbons (Fsp3) is 0.636. The first-order chi connectivity index (χ1) is 8.74. The van der Waals surface area contributed by atoms with Crippen LogP contribution in [0.5, 0.6) is 0 Å². The summed E-state index contributed by atoms with van der Waals surface area (Å²) in [7, 11) is -0.999. The van der Waals surface area contributed by atoms with E-state index in [0.29, 0.717) is 24.0 Å². The normalized spacial score (nSPS) is 23.9. The summed E-state index contributed by atoms with van der Waals surface area (Å²) in [6, 6.07) is 0.311. The van der Waals surface area contributed by atoms with Gasteiger partial charge < -0.3 is 10.1 Å². The quantitative estimate of drug-likeness (QED) is 0.833. The number of hydrogen-bond donors (Lipinski definition) is 1. The number of aryl methyl sites for hydroxylation is 1. The molecule has 0 unspecified atom stereocenters. The van der Waals surface area contributed by atoms with Crippen molar-refractivity contribution in [1.82, 2.24) is 9.97 Å². The summed E-state index contributed by atoms with van der Waals surface area (Å²) < 4.78 is 17.3. The van der Waals surface area contributed by atoms with Crippen molar-refractivity contribution in [3.63, 3.8) is 0 Å².